The van der Waals surface area contributed by atoms with Crippen molar-refractivity contribution in [2.45, 2.75) is 6.92 Å². The van der Waals surface area contributed by atoms with Gasteiger partial charge < -0.3 is 0 Å². The van der Waals surface area contributed by atoms with Crippen LogP contribution in [0.25, 0.3) is 16.3 Å². The van der Waals surface area contributed by atoms with Gasteiger partial charge in [0.2, 0.25) is 0 Å². The first kappa shape index (κ1) is 14.3. The van der Waals surface area contributed by atoms with E-state index in [0.717, 1.165) is 11.2 Å². The summed E-state index contributed by atoms with van der Waals surface area (Å²) >= 11 is 13.7. The molecule has 0 aliphatic carbocycles. The summed E-state index contributed by atoms with van der Waals surface area (Å²) in [6.07, 6.45) is 2.48. The summed E-state index contributed by atoms with van der Waals surface area (Å²) in [6.45, 7) is 2.02. The lowest BCUT2D eigenvalue weighted by molar-refractivity contribution is 0.112. The van der Waals surface area contributed by atoms with Crippen LogP contribution in [-0.2, 0) is 0 Å². The predicted molar refractivity (Wildman–Crippen MR) is 87.0 cm³/mol. The maximum absolute atomic E-state index is 11.3. The summed E-state index contributed by atoms with van der Waals surface area (Å²) in [5.41, 5.74) is 1.88. The smallest absolute Gasteiger partial charge is 0.153 e. The number of aldehydes is 1. The van der Waals surface area contributed by atoms with Crippen LogP contribution in [-0.4, -0.2) is 16.1 Å². The van der Waals surface area contributed by atoms with Crippen molar-refractivity contribution in [3.05, 3.63) is 57.0 Å². The van der Waals surface area contributed by atoms with Crippen molar-refractivity contribution in [3.63, 3.8) is 0 Å². The number of carbonyl (C=O) groups excluding carboxylic acids is 1. The zero-order valence-corrected chi connectivity index (χ0v) is 13.3. The molecule has 0 aliphatic heterocycles. The summed E-state index contributed by atoms with van der Waals surface area (Å²) in [7, 11) is 0. The molecule has 0 aliphatic rings. The summed E-state index contributed by atoms with van der Waals surface area (Å²) in [5, 5.41) is 5.53. The van der Waals surface area contributed by atoms with E-state index in [9.17, 15) is 4.79 Å². The van der Waals surface area contributed by atoms with E-state index in [1.165, 1.54) is 4.88 Å². The standard InChI is InChI=1S/C15H10Cl2N2OS/c1-9-2-5-14(21-9)15-10(8-20)7-19(18-15)13-4-3-11(16)6-12(13)17/h2-8H,1H3. The summed E-state index contributed by atoms with van der Waals surface area (Å²) in [4.78, 5) is 13.4. The van der Waals surface area contributed by atoms with Gasteiger partial charge in [-0.15, -0.1) is 11.3 Å². The van der Waals surface area contributed by atoms with Gasteiger partial charge >= 0.3 is 0 Å². The molecule has 106 valence electrons. The third-order valence-corrected chi connectivity index (χ3v) is 4.55. The molecular formula is C15H10Cl2N2OS. The molecule has 0 atom stereocenters. The van der Waals surface area contributed by atoms with Gasteiger partial charge in [0.15, 0.2) is 6.29 Å². The van der Waals surface area contributed by atoms with Crippen LogP contribution in [0.4, 0.5) is 0 Å². The van der Waals surface area contributed by atoms with Gasteiger partial charge in [-0.2, -0.15) is 5.10 Å². The lowest BCUT2D eigenvalue weighted by atomic mass is 10.2. The Balaban J connectivity index is 2.13. The Morgan fingerprint density at radius 3 is 2.67 bits per heavy atom. The molecule has 3 rings (SSSR count). The van der Waals surface area contributed by atoms with E-state index in [-0.39, 0.29) is 0 Å². The van der Waals surface area contributed by atoms with Gasteiger partial charge in [-0.1, -0.05) is 23.2 Å². The molecule has 6 heteroatoms. The average molecular weight is 337 g/mol. The zero-order valence-electron chi connectivity index (χ0n) is 11.0. The molecule has 3 aromatic rings. The summed E-state index contributed by atoms with van der Waals surface area (Å²) in [5.74, 6) is 0. The first-order valence-electron chi connectivity index (χ1n) is 6.15. The summed E-state index contributed by atoms with van der Waals surface area (Å²) < 4.78 is 1.60. The fourth-order valence-electron chi connectivity index (χ4n) is 2.02. The van der Waals surface area contributed by atoms with Crippen molar-refractivity contribution in [1.29, 1.82) is 0 Å². The van der Waals surface area contributed by atoms with Crippen LogP contribution in [0.15, 0.2) is 36.5 Å². The minimum absolute atomic E-state index is 0.483. The number of hydrogen-bond acceptors (Lipinski definition) is 3. The van der Waals surface area contributed by atoms with Crippen LogP contribution in [0.2, 0.25) is 10.0 Å². The van der Waals surface area contributed by atoms with Crippen LogP contribution in [0.3, 0.4) is 0 Å². The van der Waals surface area contributed by atoms with E-state index < -0.39 is 0 Å². The monoisotopic (exact) mass is 336 g/mol. The second-order valence-electron chi connectivity index (χ2n) is 4.50. The number of aromatic nitrogens is 2. The largest absolute Gasteiger partial charge is 0.298 e. The Morgan fingerprint density at radius 2 is 2.05 bits per heavy atom. The van der Waals surface area contributed by atoms with Crippen LogP contribution >= 0.6 is 34.5 Å². The number of hydrogen-bond donors (Lipinski definition) is 0. The molecule has 0 unspecified atom stereocenters. The minimum atomic E-state index is 0.483. The van der Waals surface area contributed by atoms with Crippen LogP contribution < -0.4 is 0 Å². The Kier molecular flexibility index (Phi) is 3.85. The Morgan fingerprint density at radius 1 is 1.24 bits per heavy atom. The molecule has 21 heavy (non-hydrogen) atoms. The lowest BCUT2D eigenvalue weighted by Crippen LogP contribution is -1.95. The maximum atomic E-state index is 11.3. The molecule has 0 radical (unpaired) electrons. The maximum Gasteiger partial charge on any atom is 0.153 e. The number of halogens is 2. The highest BCUT2D eigenvalue weighted by molar-refractivity contribution is 7.15. The highest BCUT2D eigenvalue weighted by Gasteiger charge is 2.14. The van der Waals surface area contributed by atoms with Crippen molar-refractivity contribution in [2.75, 3.05) is 0 Å². The highest BCUT2D eigenvalue weighted by Crippen LogP contribution is 2.31. The fourth-order valence-corrected chi connectivity index (χ4v) is 3.39. The molecule has 0 bridgehead atoms. The van der Waals surface area contributed by atoms with Gasteiger partial charge in [-0.25, -0.2) is 4.68 Å². The number of benzene rings is 1. The van der Waals surface area contributed by atoms with E-state index >= 15 is 0 Å². The SMILES string of the molecule is Cc1ccc(-c2nn(-c3ccc(Cl)cc3Cl)cc2C=O)s1. The van der Waals surface area contributed by atoms with Crippen molar-refractivity contribution >= 4 is 40.8 Å². The molecule has 3 nitrogen and oxygen atoms in total. The van der Waals surface area contributed by atoms with Gasteiger partial charge in [0.05, 0.1) is 21.2 Å². The molecule has 2 aromatic heterocycles. The fraction of sp³-hybridized carbons (Fsp3) is 0.0667. The van der Waals surface area contributed by atoms with E-state index in [2.05, 4.69) is 5.10 Å². The highest BCUT2D eigenvalue weighted by atomic mass is 35.5. The van der Waals surface area contributed by atoms with E-state index in [0.29, 0.717) is 27.0 Å². The van der Waals surface area contributed by atoms with Crippen LogP contribution in [0.1, 0.15) is 15.2 Å². The van der Waals surface area contributed by atoms with Crippen molar-refractivity contribution < 1.29 is 4.79 Å². The molecule has 0 fully saturated rings. The minimum Gasteiger partial charge on any atom is -0.298 e. The quantitative estimate of drug-likeness (QED) is 0.629. The van der Waals surface area contributed by atoms with Gasteiger partial charge in [0.1, 0.15) is 5.69 Å². The molecule has 0 amide bonds. The first-order valence-corrected chi connectivity index (χ1v) is 7.73. The molecule has 1 aromatic carbocycles. The van der Waals surface area contributed by atoms with E-state index in [1.807, 2.05) is 19.1 Å². The normalized spacial score (nSPS) is 10.8. The second kappa shape index (κ2) is 5.64. The molecular weight excluding hydrogens is 327 g/mol. The Labute approximate surface area is 135 Å². The van der Waals surface area contributed by atoms with Gasteiger partial charge in [0, 0.05) is 16.1 Å². The van der Waals surface area contributed by atoms with Crippen molar-refractivity contribution in [3.8, 4) is 16.3 Å². The lowest BCUT2D eigenvalue weighted by Gasteiger charge is -2.04. The molecule has 0 saturated heterocycles. The number of aryl methyl sites for hydroxylation is 1. The van der Waals surface area contributed by atoms with E-state index in [4.69, 9.17) is 23.2 Å². The Hall–Kier alpha value is -1.62. The molecule has 2 heterocycles. The van der Waals surface area contributed by atoms with E-state index in [1.54, 1.807) is 40.4 Å². The van der Waals surface area contributed by atoms with Gasteiger partial charge in [-0.3, -0.25) is 4.79 Å². The Bertz CT molecular complexity index is 823. The topological polar surface area (TPSA) is 34.9 Å². The first-order chi connectivity index (χ1) is 10.1. The predicted octanol–water partition coefficient (Wildman–Crippen LogP) is 5.03. The second-order valence-corrected chi connectivity index (χ2v) is 6.63. The van der Waals surface area contributed by atoms with Crippen LogP contribution in [0, 0.1) is 6.92 Å². The third-order valence-electron chi connectivity index (χ3n) is 3.00. The zero-order chi connectivity index (χ0) is 15.0. The number of rotatable bonds is 3. The number of thiophene rings is 1. The number of carbonyl (C=O) groups is 1. The molecule has 0 saturated carbocycles. The third kappa shape index (κ3) is 2.75. The molecule has 0 spiro atoms. The molecule has 0 N–H and O–H groups in total. The number of nitrogens with zero attached hydrogens (tertiary/aromatic N) is 2. The van der Waals surface area contributed by atoms with Crippen molar-refractivity contribution in [2.24, 2.45) is 0 Å². The van der Waals surface area contributed by atoms with Crippen molar-refractivity contribution in [1.82, 2.24) is 9.78 Å². The van der Waals surface area contributed by atoms with Crippen LogP contribution in [0.5, 0.6) is 0 Å². The summed E-state index contributed by atoms with van der Waals surface area (Å²) in [6, 6.07) is 9.12. The average Bonchev–Trinajstić information content (AvgIpc) is 3.04. The van der Waals surface area contributed by atoms with Gasteiger partial charge in [-0.05, 0) is 37.3 Å². The van der Waals surface area contributed by atoms with Gasteiger partial charge in [0.25, 0.3) is 0 Å².